The van der Waals surface area contributed by atoms with Crippen LogP contribution in [0.1, 0.15) is 12.0 Å². The summed E-state index contributed by atoms with van der Waals surface area (Å²) in [6.45, 7) is 0. The van der Waals surface area contributed by atoms with Crippen LogP contribution < -0.4 is 10.1 Å². The van der Waals surface area contributed by atoms with Crippen molar-refractivity contribution in [3.63, 3.8) is 0 Å². The van der Waals surface area contributed by atoms with Gasteiger partial charge in [-0.25, -0.2) is 4.79 Å². The molecular formula is C12H12ClNO4. The van der Waals surface area contributed by atoms with Gasteiger partial charge in [0.05, 0.1) is 7.11 Å². The third-order valence-electron chi connectivity index (χ3n) is 2.61. The number of benzene rings is 1. The van der Waals surface area contributed by atoms with Crippen LogP contribution in [0.25, 0.3) is 0 Å². The molecule has 0 aliphatic carbocycles. The molecule has 0 radical (unpaired) electrons. The number of hydrogen-bond donors (Lipinski definition) is 1. The van der Waals surface area contributed by atoms with E-state index in [0.29, 0.717) is 12.8 Å². The number of halogens is 1. The van der Waals surface area contributed by atoms with E-state index in [1.165, 1.54) is 0 Å². The highest BCUT2D eigenvalue weighted by molar-refractivity contribution is 6.39. The average molecular weight is 270 g/mol. The third-order valence-corrected chi connectivity index (χ3v) is 2.97. The number of carbonyl (C=O) groups is 2. The van der Waals surface area contributed by atoms with E-state index in [2.05, 4.69) is 5.32 Å². The lowest BCUT2D eigenvalue weighted by molar-refractivity contribution is -0.150. The zero-order valence-corrected chi connectivity index (χ0v) is 10.5. The van der Waals surface area contributed by atoms with Crippen molar-refractivity contribution in [2.24, 2.45) is 0 Å². The fourth-order valence-corrected chi connectivity index (χ4v) is 1.94. The first-order valence-corrected chi connectivity index (χ1v) is 5.77. The summed E-state index contributed by atoms with van der Waals surface area (Å²) in [6, 6.07) is 7.45. The van der Waals surface area contributed by atoms with Crippen LogP contribution >= 0.6 is 11.6 Å². The first-order valence-electron chi connectivity index (χ1n) is 5.40. The number of hydrogen-bond acceptors (Lipinski definition) is 4. The summed E-state index contributed by atoms with van der Waals surface area (Å²) in [5, 5.41) is 0.869. The highest BCUT2D eigenvalue weighted by atomic mass is 35.5. The molecule has 0 bridgehead atoms. The molecule has 1 aromatic carbocycles. The maximum Gasteiger partial charge on any atom is 0.400 e. The van der Waals surface area contributed by atoms with Gasteiger partial charge in [-0.05, 0) is 24.1 Å². The monoisotopic (exact) mass is 269 g/mol. The quantitative estimate of drug-likeness (QED) is 0.386. The largest absolute Gasteiger partial charge is 0.497 e. The molecule has 1 fully saturated rings. The van der Waals surface area contributed by atoms with Gasteiger partial charge in [-0.3, -0.25) is 10.1 Å². The van der Waals surface area contributed by atoms with Crippen molar-refractivity contribution in [2.75, 3.05) is 7.11 Å². The van der Waals surface area contributed by atoms with Gasteiger partial charge in [0.15, 0.2) is 0 Å². The molecule has 1 aromatic rings. The normalized spacial score (nSPS) is 22.6. The number of cyclic esters (lactones) is 1. The van der Waals surface area contributed by atoms with Crippen LogP contribution in [-0.2, 0) is 20.7 Å². The molecule has 0 aromatic heterocycles. The SMILES string of the molecule is COc1cccc(CCC2(Cl)NC(=O)C(=O)O2)c1. The van der Waals surface area contributed by atoms with Crippen LogP contribution in [0.4, 0.5) is 0 Å². The number of ether oxygens (including phenoxy) is 2. The van der Waals surface area contributed by atoms with Crippen LogP contribution in [0.3, 0.4) is 0 Å². The van der Waals surface area contributed by atoms with E-state index in [1.807, 2.05) is 24.3 Å². The molecule has 1 atom stereocenters. The Labute approximate surface area is 109 Å². The maximum absolute atomic E-state index is 11.0. The van der Waals surface area contributed by atoms with Crippen molar-refractivity contribution in [3.8, 4) is 5.75 Å². The van der Waals surface area contributed by atoms with Gasteiger partial charge in [0, 0.05) is 6.42 Å². The second-order valence-electron chi connectivity index (χ2n) is 3.92. The number of aryl methyl sites for hydroxylation is 1. The van der Waals surface area contributed by atoms with Crippen LogP contribution in [0, 0.1) is 0 Å². The molecular weight excluding hydrogens is 258 g/mol. The third kappa shape index (κ3) is 2.73. The molecule has 1 heterocycles. The summed E-state index contributed by atoms with van der Waals surface area (Å²) >= 11 is 5.98. The Morgan fingerprint density at radius 1 is 1.44 bits per heavy atom. The minimum Gasteiger partial charge on any atom is -0.497 e. The molecule has 1 unspecified atom stereocenters. The second kappa shape index (κ2) is 4.86. The van der Waals surface area contributed by atoms with Crippen molar-refractivity contribution in [1.29, 1.82) is 0 Å². The van der Waals surface area contributed by atoms with E-state index < -0.39 is 17.1 Å². The Kier molecular flexibility index (Phi) is 3.43. The smallest absolute Gasteiger partial charge is 0.400 e. The molecule has 1 saturated heterocycles. The lowest BCUT2D eigenvalue weighted by atomic mass is 10.1. The van der Waals surface area contributed by atoms with Gasteiger partial charge >= 0.3 is 11.9 Å². The zero-order chi connectivity index (χ0) is 13.2. The van der Waals surface area contributed by atoms with E-state index in [4.69, 9.17) is 21.1 Å². The predicted molar refractivity (Wildman–Crippen MR) is 64.1 cm³/mol. The minimum absolute atomic E-state index is 0.291. The Morgan fingerprint density at radius 3 is 2.83 bits per heavy atom. The number of rotatable bonds is 4. The summed E-state index contributed by atoms with van der Waals surface area (Å²) in [5.41, 5.74) is 0.978. The average Bonchev–Trinajstić information content (AvgIpc) is 2.62. The maximum atomic E-state index is 11.0. The van der Waals surface area contributed by atoms with Crippen LogP contribution in [0.2, 0.25) is 0 Å². The van der Waals surface area contributed by atoms with E-state index in [9.17, 15) is 9.59 Å². The molecule has 1 aliphatic rings. The van der Waals surface area contributed by atoms with Crippen LogP contribution in [0.15, 0.2) is 24.3 Å². The van der Waals surface area contributed by atoms with Gasteiger partial charge in [-0.2, -0.15) is 0 Å². The van der Waals surface area contributed by atoms with E-state index >= 15 is 0 Å². The lowest BCUT2D eigenvalue weighted by Gasteiger charge is -2.18. The first-order chi connectivity index (χ1) is 8.52. The number of amides is 1. The van der Waals surface area contributed by atoms with Crippen molar-refractivity contribution < 1.29 is 19.1 Å². The lowest BCUT2D eigenvalue weighted by Crippen LogP contribution is -2.37. The fraction of sp³-hybridized carbons (Fsp3) is 0.333. The van der Waals surface area contributed by atoms with E-state index in [1.54, 1.807) is 7.11 Å². The highest BCUT2D eigenvalue weighted by Gasteiger charge is 2.43. The van der Waals surface area contributed by atoms with Crippen LogP contribution in [-0.4, -0.2) is 24.2 Å². The molecule has 0 spiro atoms. The van der Waals surface area contributed by atoms with Crippen molar-refractivity contribution in [1.82, 2.24) is 5.32 Å². The number of methoxy groups -OCH3 is 1. The Morgan fingerprint density at radius 2 is 2.22 bits per heavy atom. The number of carbonyl (C=O) groups excluding carboxylic acids is 2. The summed E-state index contributed by atoms with van der Waals surface area (Å²) in [6.07, 6.45) is 0.841. The second-order valence-corrected chi connectivity index (χ2v) is 4.53. The minimum atomic E-state index is -1.43. The number of alkyl halides is 1. The summed E-state index contributed by atoms with van der Waals surface area (Å²) in [5.74, 6) is -1.02. The van der Waals surface area contributed by atoms with Gasteiger partial charge in [0.2, 0.25) is 0 Å². The van der Waals surface area contributed by atoms with Crippen molar-refractivity contribution in [2.45, 2.75) is 18.0 Å². The van der Waals surface area contributed by atoms with Gasteiger partial charge in [0.1, 0.15) is 5.75 Å². The van der Waals surface area contributed by atoms with E-state index in [0.717, 1.165) is 11.3 Å². The Bertz CT molecular complexity index is 473. The van der Waals surface area contributed by atoms with Gasteiger partial charge in [-0.1, -0.05) is 23.7 Å². The molecule has 2 rings (SSSR count). The van der Waals surface area contributed by atoms with Crippen LogP contribution in [0.5, 0.6) is 5.75 Å². The number of nitrogens with one attached hydrogen (secondary N) is 1. The van der Waals surface area contributed by atoms with Gasteiger partial charge in [-0.15, -0.1) is 0 Å². The molecule has 96 valence electrons. The Hall–Kier alpha value is -1.75. The van der Waals surface area contributed by atoms with Gasteiger partial charge < -0.3 is 9.47 Å². The van der Waals surface area contributed by atoms with E-state index in [-0.39, 0.29) is 0 Å². The molecule has 1 aliphatic heterocycles. The summed E-state index contributed by atoms with van der Waals surface area (Å²) < 4.78 is 9.87. The van der Waals surface area contributed by atoms with Crippen molar-refractivity contribution >= 4 is 23.5 Å². The zero-order valence-electron chi connectivity index (χ0n) is 9.73. The summed E-state index contributed by atoms with van der Waals surface area (Å²) in [4.78, 5) is 22.0. The predicted octanol–water partition coefficient (Wildman–Crippen LogP) is 1.19. The van der Waals surface area contributed by atoms with Crippen molar-refractivity contribution in [3.05, 3.63) is 29.8 Å². The van der Waals surface area contributed by atoms with Gasteiger partial charge in [0.25, 0.3) is 5.18 Å². The topological polar surface area (TPSA) is 64.6 Å². The molecule has 6 heteroatoms. The molecule has 18 heavy (non-hydrogen) atoms. The fourth-order valence-electron chi connectivity index (χ4n) is 1.69. The molecule has 5 nitrogen and oxygen atoms in total. The first kappa shape index (κ1) is 12.7. The Balaban J connectivity index is 1.99. The number of esters is 1. The summed E-state index contributed by atoms with van der Waals surface area (Å²) in [7, 11) is 1.58. The molecule has 1 N–H and O–H groups in total. The highest BCUT2D eigenvalue weighted by Crippen LogP contribution is 2.26. The molecule has 1 amide bonds. The standard InChI is InChI=1S/C12H12ClNO4/c1-17-9-4-2-3-8(7-9)5-6-12(13)14-10(15)11(16)18-12/h2-4,7H,5-6H2,1H3,(H,14,15). The molecule has 0 saturated carbocycles.